The molecule has 108 valence electrons. The maximum atomic E-state index is 5.58. The van der Waals surface area contributed by atoms with Gasteiger partial charge >= 0.3 is 0 Å². The SMILES string of the molecule is CC(C)CN1CCN(CCCC(C)CCN)CC1. The molecule has 0 aliphatic carbocycles. The van der Waals surface area contributed by atoms with E-state index in [1.165, 1.54) is 58.5 Å². The number of piperazine rings is 1. The molecule has 0 spiro atoms. The normalized spacial score (nSPS) is 20.5. The Bertz CT molecular complexity index is 198. The van der Waals surface area contributed by atoms with Crippen molar-refractivity contribution in [1.82, 2.24) is 9.80 Å². The number of hydrogen-bond acceptors (Lipinski definition) is 3. The fourth-order valence-electron chi connectivity index (χ4n) is 2.80. The first-order valence-corrected chi connectivity index (χ1v) is 7.76. The predicted octanol–water partition coefficient (Wildman–Crippen LogP) is 2.03. The summed E-state index contributed by atoms with van der Waals surface area (Å²) in [5.41, 5.74) is 5.58. The Morgan fingerprint density at radius 2 is 1.56 bits per heavy atom. The van der Waals surface area contributed by atoms with Gasteiger partial charge in [0.25, 0.3) is 0 Å². The zero-order valence-corrected chi connectivity index (χ0v) is 12.7. The van der Waals surface area contributed by atoms with Crippen LogP contribution in [0.25, 0.3) is 0 Å². The van der Waals surface area contributed by atoms with Gasteiger partial charge in [0.05, 0.1) is 0 Å². The Hall–Kier alpha value is -0.120. The standard InChI is InChI=1S/C15H33N3/c1-14(2)13-18-11-9-17(10-12-18)8-4-5-15(3)6-7-16/h14-15H,4-13,16H2,1-3H3. The number of nitrogens with two attached hydrogens (primary N) is 1. The molecule has 0 saturated carbocycles. The average molecular weight is 255 g/mol. The second kappa shape index (κ2) is 8.89. The molecule has 1 saturated heterocycles. The van der Waals surface area contributed by atoms with Crippen molar-refractivity contribution in [3.63, 3.8) is 0 Å². The lowest BCUT2D eigenvalue weighted by Gasteiger charge is -2.35. The van der Waals surface area contributed by atoms with Crippen molar-refractivity contribution in [1.29, 1.82) is 0 Å². The van der Waals surface area contributed by atoms with Crippen LogP contribution in [-0.2, 0) is 0 Å². The van der Waals surface area contributed by atoms with E-state index < -0.39 is 0 Å². The summed E-state index contributed by atoms with van der Waals surface area (Å²) < 4.78 is 0. The molecular formula is C15H33N3. The molecule has 0 radical (unpaired) electrons. The van der Waals surface area contributed by atoms with Crippen LogP contribution in [0.4, 0.5) is 0 Å². The van der Waals surface area contributed by atoms with Gasteiger partial charge in [-0.3, -0.25) is 0 Å². The predicted molar refractivity (Wildman–Crippen MR) is 79.8 cm³/mol. The van der Waals surface area contributed by atoms with Gasteiger partial charge in [-0.05, 0) is 44.2 Å². The monoisotopic (exact) mass is 255 g/mol. The van der Waals surface area contributed by atoms with E-state index in [0.29, 0.717) is 0 Å². The van der Waals surface area contributed by atoms with Crippen molar-refractivity contribution in [2.75, 3.05) is 45.8 Å². The lowest BCUT2D eigenvalue weighted by atomic mass is 10.0. The Kier molecular flexibility index (Phi) is 7.87. The minimum absolute atomic E-state index is 0.800. The van der Waals surface area contributed by atoms with Crippen molar-refractivity contribution < 1.29 is 0 Å². The van der Waals surface area contributed by atoms with Crippen molar-refractivity contribution in [3.8, 4) is 0 Å². The van der Waals surface area contributed by atoms with Crippen LogP contribution in [0.1, 0.15) is 40.0 Å². The summed E-state index contributed by atoms with van der Waals surface area (Å²) in [6.45, 7) is 15.4. The third-order valence-electron chi connectivity index (χ3n) is 3.92. The highest BCUT2D eigenvalue weighted by molar-refractivity contribution is 4.72. The topological polar surface area (TPSA) is 32.5 Å². The zero-order chi connectivity index (χ0) is 13.4. The first-order chi connectivity index (χ1) is 8.61. The van der Waals surface area contributed by atoms with Crippen molar-refractivity contribution in [3.05, 3.63) is 0 Å². The molecule has 1 atom stereocenters. The van der Waals surface area contributed by atoms with Crippen LogP contribution in [0.2, 0.25) is 0 Å². The van der Waals surface area contributed by atoms with Crippen LogP contribution in [0.5, 0.6) is 0 Å². The van der Waals surface area contributed by atoms with E-state index in [1.54, 1.807) is 0 Å². The minimum Gasteiger partial charge on any atom is -0.330 e. The number of nitrogens with zero attached hydrogens (tertiary/aromatic N) is 2. The third kappa shape index (κ3) is 6.72. The minimum atomic E-state index is 0.800. The summed E-state index contributed by atoms with van der Waals surface area (Å²) in [6, 6.07) is 0. The average Bonchev–Trinajstić information content (AvgIpc) is 2.31. The summed E-state index contributed by atoms with van der Waals surface area (Å²) in [4.78, 5) is 5.24. The molecule has 0 bridgehead atoms. The lowest BCUT2D eigenvalue weighted by molar-refractivity contribution is 0.120. The molecule has 2 N–H and O–H groups in total. The van der Waals surface area contributed by atoms with E-state index in [4.69, 9.17) is 5.73 Å². The Morgan fingerprint density at radius 3 is 2.11 bits per heavy atom. The summed E-state index contributed by atoms with van der Waals surface area (Å²) in [6.07, 6.45) is 3.86. The molecule has 0 amide bonds. The van der Waals surface area contributed by atoms with Gasteiger partial charge in [0.1, 0.15) is 0 Å². The second-order valence-corrected chi connectivity index (χ2v) is 6.36. The van der Waals surface area contributed by atoms with Crippen LogP contribution in [0.3, 0.4) is 0 Å². The Balaban J connectivity index is 2.05. The number of hydrogen-bond donors (Lipinski definition) is 1. The van der Waals surface area contributed by atoms with E-state index >= 15 is 0 Å². The van der Waals surface area contributed by atoms with Crippen LogP contribution in [0, 0.1) is 11.8 Å². The molecule has 0 aromatic heterocycles. The summed E-state index contributed by atoms with van der Waals surface area (Å²) in [5, 5.41) is 0. The van der Waals surface area contributed by atoms with E-state index in [2.05, 4.69) is 30.6 Å². The highest BCUT2D eigenvalue weighted by atomic mass is 15.3. The quantitative estimate of drug-likeness (QED) is 0.720. The smallest absolute Gasteiger partial charge is 0.0110 e. The van der Waals surface area contributed by atoms with E-state index in [1.807, 2.05) is 0 Å². The van der Waals surface area contributed by atoms with E-state index in [-0.39, 0.29) is 0 Å². The highest BCUT2D eigenvalue weighted by Gasteiger charge is 2.16. The molecule has 0 aromatic carbocycles. The van der Waals surface area contributed by atoms with Crippen LogP contribution in [0.15, 0.2) is 0 Å². The van der Waals surface area contributed by atoms with E-state index in [9.17, 15) is 0 Å². The van der Waals surface area contributed by atoms with Crippen LogP contribution in [-0.4, -0.2) is 55.6 Å². The highest BCUT2D eigenvalue weighted by Crippen LogP contribution is 2.11. The summed E-state index contributed by atoms with van der Waals surface area (Å²) >= 11 is 0. The molecule has 18 heavy (non-hydrogen) atoms. The van der Waals surface area contributed by atoms with Gasteiger partial charge in [0, 0.05) is 32.7 Å². The van der Waals surface area contributed by atoms with Gasteiger partial charge in [-0.15, -0.1) is 0 Å². The van der Waals surface area contributed by atoms with Crippen molar-refractivity contribution in [2.45, 2.75) is 40.0 Å². The second-order valence-electron chi connectivity index (χ2n) is 6.36. The largest absolute Gasteiger partial charge is 0.330 e. The molecule has 1 unspecified atom stereocenters. The maximum Gasteiger partial charge on any atom is 0.0110 e. The third-order valence-corrected chi connectivity index (χ3v) is 3.92. The molecule has 1 rings (SSSR count). The molecule has 1 aliphatic rings. The summed E-state index contributed by atoms with van der Waals surface area (Å²) in [7, 11) is 0. The van der Waals surface area contributed by atoms with Gasteiger partial charge in [-0.25, -0.2) is 0 Å². The first-order valence-electron chi connectivity index (χ1n) is 7.76. The maximum absolute atomic E-state index is 5.58. The first kappa shape index (κ1) is 15.9. The van der Waals surface area contributed by atoms with Gasteiger partial charge in [-0.1, -0.05) is 20.8 Å². The van der Waals surface area contributed by atoms with Gasteiger partial charge in [-0.2, -0.15) is 0 Å². The zero-order valence-electron chi connectivity index (χ0n) is 12.7. The van der Waals surface area contributed by atoms with Crippen molar-refractivity contribution >= 4 is 0 Å². The number of rotatable bonds is 8. The molecule has 1 aliphatic heterocycles. The van der Waals surface area contributed by atoms with E-state index in [0.717, 1.165) is 18.4 Å². The molecule has 0 aromatic rings. The van der Waals surface area contributed by atoms with Crippen LogP contribution < -0.4 is 5.73 Å². The molecule has 3 heteroatoms. The van der Waals surface area contributed by atoms with Gasteiger partial charge in [0.15, 0.2) is 0 Å². The lowest BCUT2D eigenvalue weighted by Crippen LogP contribution is -2.47. The molecule has 1 heterocycles. The fourth-order valence-corrected chi connectivity index (χ4v) is 2.80. The fraction of sp³-hybridized carbons (Fsp3) is 1.00. The summed E-state index contributed by atoms with van der Waals surface area (Å²) in [5.74, 6) is 1.60. The molecule has 1 fully saturated rings. The van der Waals surface area contributed by atoms with Crippen LogP contribution >= 0.6 is 0 Å². The molecule has 3 nitrogen and oxygen atoms in total. The Labute approximate surface area is 114 Å². The van der Waals surface area contributed by atoms with Gasteiger partial charge in [0.2, 0.25) is 0 Å². The molecular weight excluding hydrogens is 222 g/mol. The van der Waals surface area contributed by atoms with Crippen molar-refractivity contribution in [2.24, 2.45) is 17.6 Å². The van der Waals surface area contributed by atoms with Gasteiger partial charge < -0.3 is 15.5 Å². The Morgan fingerprint density at radius 1 is 0.944 bits per heavy atom.